The highest BCUT2D eigenvalue weighted by Crippen LogP contribution is 2.15. The number of hydrogen-bond donors (Lipinski definition) is 0. The maximum absolute atomic E-state index is 5.78. The molecule has 2 aromatic rings. The molecule has 0 aliphatic rings. The topological polar surface area (TPSA) is 30.7 Å². The van der Waals surface area contributed by atoms with E-state index in [4.69, 9.17) is 11.6 Å². The molecule has 2 aromatic heterocycles. The molecule has 15 heavy (non-hydrogen) atoms. The zero-order valence-corrected chi connectivity index (χ0v) is 10.5. The first-order valence-corrected chi connectivity index (χ1v) is 5.76. The first-order chi connectivity index (χ1) is 7.22. The summed E-state index contributed by atoms with van der Waals surface area (Å²) in [6.45, 7) is 1.98. The van der Waals surface area contributed by atoms with E-state index in [0.29, 0.717) is 5.88 Å². The summed E-state index contributed by atoms with van der Waals surface area (Å²) in [7, 11) is 0. The number of pyridine rings is 1. The lowest BCUT2D eigenvalue weighted by molar-refractivity contribution is 0.815. The van der Waals surface area contributed by atoms with E-state index in [0.717, 1.165) is 21.5 Å². The van der Waals surface area contributed by atoms with E-state index in [1.54, 1.807) is 17.1 Å². The smallest absolute Gasteiger partial charge is 0.153 e. The number of hydrogen-bond acceptors (Lipinski definition) is 2. The lowest BCUT2D eigenvalue weighted by Gasteiger charge is -2.03. The predicted octanol–water partition coefficient (Wildman–Crippen LogP) is 3.08. The normalized spacial score (nSPS) is 10.6. The number of alkyl halides is 1. The monoisotopic (exact) mass is 285 g/mol. The molecule has 78 valence electrons. The van der Waals surface area contributed by atoms with Gasteiger partial charge in [0.2, 0.25) is 0 Å². The maximum Gasteiger partial charge on any atom is 0.153 e. The van der Waals surface area contributed by atoms with Gasteiger partial charge in [-0.3, -0.25) is 0 Å². The third-order valence-corrected chi connectivity index (χ3v) is 2.94. The summed E-state index contributed by atoms with van der Waals surface area (Å²) >= 11 is 9.12. The SMILES string of the molecule is Cc1c(CCl)cnn1-c1ccc(Br)cn1. The summed E-state index contributed by atoms with van der Waals surface area (Å²) < 4.78 is 2.73. The van der Waals surface area contributed by atoms with Gasteiger partial charge in [-0.1, -0.05) is 0 Å². The van der Waals surface area contributed by atoms with Gasteiger partial charge in [0.05, 0.1) is 12.1 Å². The van der Waals surface area contributed by atoms with Crippen molar-refractivity contribution >= 4 is 27.5 Å². The van der Waals surface area contributed by atoms with Crippen LogP contribution in [0.2, 0.25) is 0 Å². The van der Waals surface area contributed by atoms with Gasteiger partial charge in [0.25, 0.3) is 0 Å². The molecular weight excluding hydrogens is 277 g/mol. The van der Waals surface area contributed by atoms with Gasteiger partial charge in [0.1, 0.15) is 0 Å². The average molecular weight is 287 g/mol. The van der Waals surface area contributed by atoms with Crippen LogP contribution in [-0.4, -0.2) is 14.8 Å². The summed E-state index contributed by atoms with van der Waals surface area (Å²) in [5.74, 6) is 1.27. The van der Waals surface area contributed by atoms with Crippen molar-refractivity contribution in [3.05, 3.63) is 40.3 Å². The molecule has 0 atom stereocenters. The predicted molar refractivity (Wildman–Crippen MR) is 63.4 cm³/mol. The summed E-state index contributed by atoms with van der Waals surface area (Å²) in [6, 6.07) is 3.84. The van der Waals surface area contributed by atoms with E-state index >= 15 is 0 Å². The van der Waals surface area contributed by atoms with Crippen LogP contribution in [0.15, 0.2) is 29.0 Å². The number of halogens is 2. The lowest BCUT2D eigenvalue weighted by atomic mass is 10.3. The Morgan fingerprint density at radius 1 is 1.40 bits per heavy atom. The molecule has 0 N–H and O–H groups in total. The highest BCUT2D eigenvalue weighted by molar-refractivity contribution is 9.10. The quantitative estimate of drug-likeness (QED) is 0.794. The molecule has 0 saturated carbocycles. The molecule has 2 rings (SSSR count). The summed E-state index contributed by atoms with van der Waals surface area (Å²) in [6.07, 6.45) is 3.52. The van der Waals surface area contributed by atoms with Crippen molar-refractivity contribution in [2.24, 2.45) is 0 Å². The van der Waals surface area contributed by atoms with Crippen molar-refractivity contribution in [3.8, 4) is 5.82 Å². The molecular formula is C10H9BrClN3. The van der Waals surface area contributed by atoms with Gasteiger partial charge in [-0.05, 0) is 35.0 Å². The Morgan fingerprint density at radius 3 is 2.73 bits per heavy atom. The van der Waals surface area contributed by atoms with Crippen LogP contribution in [-0.2, 0) is 5.88 Å². The Morgan fingerprint density at radius 2 is 2.20 bits per heavy atom. The summed E-state index contributed by atoms with van der Waals surface area (Å²) in [5.41, 5.74) is 2.06. The van der Waals surface area contributed by atoms with Crippen LogP contribution in [0.1, 0.15) is 11.3 Å². The standard InChI is InChI=1S/C10H9BrClN3/c1-7-8(4-12)5-14-15(7)10-3-2-9(11)6-13-10/h2-3,5-6H,4H2,1H3. The van der Waals surface area contributed by atoms with Gasteiger partial charge in [-0.25, -0.2) is 9.67 Å². The Balaban J connectivity index is 2.45. The van der Waals surface area contributed by atoms with E-state index in [-0.39, 0.29) is 0 Å². The molecule has 0 aromatic carbocycles. The highest BCUT2D eigenvalue weighted by atomic mass is 79.9. The van der Waals surface area contributed by atoms with Crippen LogP contribution in [0, 0.1) is 6.92 Å². The third-order valence-electron chi connectivity index (χ3n) is 2.18. The minimum atomic E-state index is 0.475. The van der Waals surface area contributed by atoms with Crippen molar-refractivity contribution in [1.82, 2.24) is 14.8 Å². The van der Waals surface area contributed by atoms with E-state index in [1.807, 2.05) is 19.1 Å². The van der Waals surface area contributed by atoms with Crippen LogP contribution < -0.4 is 0 Å². The average Bonchev–Trinajstić information content (AvgIpc) is 2.61. The fraction of sp³-hybridized carbons (Fsp3) is 0.200. The van der Waals surface area contributed by atoms with E-state index in [9.17, 15) is 0 Å². The van der Waals surface area contributed by atoms with Crippen molar-refractivity contribution in [2.45, 2.75) is 12.8 Å². The van der Waals surface area contributed by atoms with Gasteiger partial charge in [0.15, 0.2) is 5.82 Å². The number of rotatable bonds is 2. The fourth-order valence-corrected chi connectivity index (χ4v) is 1.80. The second kappa shape index (κ2) is 4.33. The molecule has 5 heteroatoms. The van der Waals surface area contributed by atoms with E-state index in [1.165, 1.54) is 0 Å². The minimum Gasteiger partial charge on any atom is -0.236 e. The van der Waals surface area contributed by atoms with Crippen LogP contribution in [0.3, 0.4) is 0 Å². The molecule has 0 bridgehead atoms. The van der Waals surface area contributed by atoms with Gasteiger partial charge < -0.3 is 0 Å². The minimum absolute atomic E-state index is 0.475. The van der Waals surface area contributed by atoms with Crippen LogP contribution >= 0.6 is 27.5 Å². The highest BCUT2D eigenvalue weighted by Gasteiger charge is 2.07. The largest absolute Gasteiger partial charge is 0.236 e. The van der Waals surface area contributed by atoms with Crippen molar-refractivity contribution in [3.63, 3.8) is 0 Å². The molecule has 0 fully saturated rings. The van der Waals surface area contributed by atoms with Gasteiger partial charge in [-0.15, -0.1) is 11.6 Å². The van der Waals surface area contributed by atoms with Crippen molar-refractivity contribution in [1.29, 1.82) is 0 Å². The molecule has 0 aliphatic carbocycles. The number of aromatic nitrogens is 3. The molecule has 0 radical (unpaired) electrons. The second-order valence-electron chi connectivity index (χ2n) is 3.14. The van der Waals surface area contributed by atoms with Crippen LogP contribution in [0.5, 0.6) is 0 Å². The Kier molecular flexibility index (Phi) is 3.07. The lowest BCUT2D eigenvalue weighted by Crippen LogP contribution is -2.01. The molecule has 0 amide bonds. The fourth-order valence-electron chi connectivity index (χ4n) is 1.30. The zero-order chi connectivity index (χ0) is 10.8. The molecule has 0 aliphatic heterocycles. The van der Waals surface area contributed by atoms with E-state index in [2.05, 4.69) is 26.0 Å². The molecule has 0 spiro atoms. The van der Waals surface area contributed by atoms with Crippen molar-refractivity contribution in [2.75, 3.05) is 0 Å². The maximum atomic E-state index is 5.78. The van der Waals surface area contributed by atoms with Crippen molar-refractivity contribution < 1.29 is 0 Å². The summed E-state index contributed by atoms with van der Waals surface area (Å²) in [5, 5.41) is 4.24. The first kappa shape index (κ1) is 10.6. The second-order valence-corrected chi connectivity index (χ2v) is 4.32. The first-order valence-electron chi connectivity index (χ1n) is 4.44. The molecule has 0 saturated heterocycles. The number of nitrogens with zero attached hydrogens (tertiary/aromatic N) is 3. The van der Waals surface area contributed by atoms with Gasteiger partial charge in [-0.2, -0.15) is 5.10 Å². The Bertz CT molecular complexity index is 464. The third kappa shape index (κ3) is 2.06. The van der Waals surface area contributed by atoms with Crippen LogP contribution in [0.25, 0.3) is 5.82 Å². The van der Waals surface area contributed by atoms with Gasteiger partial charge >= 0.3 is 0 Å². The van der Waals surface area contributed by atoms with E-state index < -0.39 is 0 Å². The van der Waals surface area contributed by atoms with Crippen LogP contribution in [0.4, 0.5) is 0 Å². The molecule has 3 nitrogen and oxygen atoms in total. The summed E-state index contributed by atoms with van der Waals surface area (Å²) in [4.78, 5) is 4.27. The Hall–Kier alpha value is -0.870. The molecule has 0 unspecified atom stereocenters. The van der Waals surface area contributed by atoms with Gasteiger partial charge in [0, 0.05) is 21.9 Å². The molecule has 2 heterocycles. The zero-order valence-electron chi connectivity index (χ0n) is 8.11. The Labute approximate surface area is 101 Å².